The summed E-state index contributed by atoms with van der Waals surface area (Å²) in [5.41, 5.74) is 0. The van der Waals surface area contributed by atoms with E-state index >= 15 is 0 Å². The molecule has 0 aromatic carbocycles. The van der Waals surface area contributed by atoms with Gasteiger partial charge in [-0.05, 0) is 11.4 Å². The number of hydrogen-bond acceptors (Lipinski definition) is 2. The molecule has 1 rings (SSSR count). The summed E-state index contributed by atoms with van der Waals surface area (Å²) in [5.74, 6) is -0.496. The first-order valence-corrected chi connectivity index (χ1v) is 6.85. The molecule has 0 N–H and O–H groups in total. The molecule has 96 valence electrons. The van der Waals surface area contributed by atoms with Gasteiger partial charge in [-0.3, -0.25) is 4.79 Å². The monoisotopic (exact) mass is 329 g/mol. The molecule has 0 saturated heterocycles. The Labute approximate surface area is 110 Å². The van der Waals surface area contributed by atoms with Gasteiger partial charge in [-0.2, -0.15) is 13.2 Å². The van der Waals surface area contributed by atoms with Gasteiger partial charge in [-0.25, -0.2) is 0 Å². The quantitative estimate of drug-likeness (QED) is 0.760. The van der Waals surface area contributed by atoms with Crippen LogP contribution in [0.4, 0.5) is 13.2 Å². The molecule has 1 amide bonds. The lowest BCUT2D eigenvalue weighted by atomic mass is 10.3. The van der Waals surface area contributed by atoms with E-state index in [0.717, 1.165) is 9.78 Å². The molecule has 0 aliphatic heterocycles. The summed E-state index contributed by atoms with van der Waals surface area (Å²) in [5, 5.41) is 2.13. The highest BCUT2D eigenvalue weighted by molar-refractivity contribution is 9.09. The second-order valence-corrected chi connectivity index (χ2v) is 5.20. The summed E-state index contributed by atoms with van der Waals surface area (Å²) in [4.78, 5) is 13.3. The summed E-state index contributed by atoms with van der Waals surface area (Å²) in [6.07, 6.45) is -4.33. The van der Waals surface area contributed by atoms with Gasteiger partial charge in [0.2, 0.25) is 5.91 Å². The van der Waals surface area contributed by atoms with Crippen LogP contribution in [-0.2, 0) is 11.2 Å². The number of nitrogens with zero attached hydrogens (tertiary/aromatic N) is 1. The number of carbonyl (C=O) groups excluding carboxylic acids is 1. The fourth-order valence-corrected chi connectivity index (χ4v) is 2.41. The van der Waals surface area contributed by atoms with Crippen LogP contribution in [0.3, 0.4) is 0 Å². The van der Waals surface area contributed by atoms with Gasteiger partial charge in [-0.15, -0.1) is 11.3 Å². The van der Waals surface area contributed by atoms with Crippen molar-refractivity contribution in [2.75, 3.05) is 18.4 Å². The number of amides is 1. The van der Waals surface area contributed by atoms with E-state index in [1.807, 2.05) is 0 Å². The van der Waals surface area contributed by atoms with Crippen LogP contribution < -0.4 is 0 Å². The van der Waals surface area contributed by atoms with Crippen LogP contribution in [0.1, 0.15) is 4.88 Å². The van der Waals surface area contributed by atoms with E-state index in [1.165, 1.54) is 11.3 Å². The third-order valence-electron chi connectivity index (χ3n) is 1.98. The molecule has 1 aromatic rings. The standard InChI is InChI=1S/C10H11BrF3NOS/c11-3-4-15(7-10(12,13)14)9(16)6-8-2-1-5-17-8/h1-2,5H,3-4,6-7H2. The van der Waals surface area contributed by atoms with E-state index in [1.54, 1.807) is 17.5 Å². The fraction of sp³-hybridized carbons (Fsp3) is 0.500. The van der Waals surface area contributed by atoms with Crippen molar-refractivity contribution in [2.45, 2.75) is 12.6 Å². The minimum Gasteiger partial charge on any atom is -0.332 e. The van der Waals surface area contributed by atoms with E-state index in [-0.39, 0.29) is 13.0 Å². The van der Waals surface area contributed by atoms with Crippen LogP contribution >= 0.6 is 27.3 Å². The van der Waals surface area contributed by atoms with Crippen molar-refractivity contribution in [2.24, 2.45) is 0 Å². The number of carbonyl (C=O) groups is 1. The maximum absolute atomic E-state index is 12.3. The lowest BCUT2D eigenvalue weighted by Crippen LogP contribution is -2.40. The minimum atomic E-state index is -4.35. The number of halogens is 4. The van der Waals surface area contributed by atoms with Gasteiger partial charge < -0.3 is 4.90 Å². The number of hydrogen-bond donors (Lipinski definition) is 0. The third-order valence-corrected chi connectivity index (χ3v) is 3.21. The Morgan fingerprint density at radius 2 is 2.18 bits per heavy atom. The van der Waals surface area contributed by atoms with Crippen molar-refractivity contribution in [3.8, 4) is 0 Å². The average Bonchev–Trinajstić information content (AvgIpc) is 2.67. The van der Waals surface area contributed by atoms with E-state index in [0.29, 0.717) is 5.33 Å². The van der Waals surface area contributed by atoms with E-state index in [2.05, 4.69) is 15.9 Å². The zero-order valence-corrected chi connectivity index (χ0v) is 11.2. The van der Waals surface area contributed by atoms with Gasteiger partial charge in [0.25, 0.3) is 0 Å². The highest BCUT2D eigenvalue weighted by Gasteiger charge is 2.32. The Morgan fingerprint density at radius 1 is 1.47 bits per heavy atom. The molecule has 1 heterocycles. The fourth-order valence-electron chi connectivity index (χ4n) is 1.28. The maximum atomic E-state index is 12.3. The molecule has 17 heavy (non-hydrogen) atoms. The molecule has 0 bridgehead atoms. The van der Waals surface area contributed by atoms with Crippen LogP contribution in [-0.4, -0.2) is 35.4 Å². The van der Waals surface area contributed by atoms with Crippen molar-refractivity contribution in [3.05, 3.63) is 22.4 Å². The highest BCUT2D eigenvalue weighted by Crippen LogP contribution is 2.18. The molecule has 0 radical (unpaired) electrons. The summed E-state index contributed by atoms with van der Waals surface area (Å²) in [6.45, 7) is -1.13. The molecule has 0 atom stereocenters. The number of thiophene rings is 1. The van der Waals surface area contributed by atoms with Gasteiger partial charge in [0.15, 0.2) is 0 Å². The smallest absolute Gasteiger partial charge is 0.332 e. The second kappa shape index (κ2) is 6.39. The van der Waals surface area contributed by atoms with Crippen LogP contribution in [0.2, 0.25) is 0 Å². The largest absolute Gasteiger partial charge is 0.406 e. The van der Waals surface area contributed by atoms with Crippen molar-refractivity contribution < 1.29 is 18.0 Å². The zero-order valence-electron chi connectivity index (χ0n) is 8.84. The third kappa shape index (κ3) is 5.54. The highest BCUT2D eigenvalue weighted by atomic mass is 79.9. The number of rotatable bonds is 5. The Morgan fingerprint density at radius 3 is 2.65 bits per heavy atom. The lowest BCUT2D eigenvalue weighted by Gasteiger charge is -2.22. The van der Waals surface area contributed by atoms with Crippen molar-refractivity contribution in [3.63, 3.8) is 0 Å². The first kappa shape index (κ1) is 14.5. The van der Waals surface area contributed by atoms with Gasteiger partial charge in [0, 0.05) is 16.8 Å². The normalized spacial score (nSPS) is 11.5. The van der Waals surface area contributed by atoms with Gasteiger partial charge in [0.1, 0.15) is 6.54 Å². The molecular weight excluding hydrogens is 319 g/mol. The van der Waals surface area contributed by atoms with Crippen molar-refractivity contribution >= 4 is 33.2 Å². The minimum absolute atomic E-state index is 0.0285. The molecule has 0 aliphatic rings. The summed E-state index contributed by atoms with van der Waals surface area (Å²) in [7, 11) is 0. The Kier molecular flexibility index (Phi) is 5.45. The van der Waals surface area contributed by atoms with Crippen LogP contribution in [0.5, 0.6) is 0 Å². The first-order chi connectivity index (χ1) is 7.92. The van der Waals surface area contributed by atoms with E-state index in [4.69, 9.17) is 0 Å². The maximum Gasteiger partial charge on any atom is 0.406 e. The molecule has 0 saturated carbocycles. The number of alkyl halides is 4. The van der Waals surface area contributed by atoms with Crippen LogP contribution in [0.15, 0.2) is 17.5 Å². The van der Waals surface area contributed by atoms with Gasteiger partial charge in [-0.1, -0.05) is 22.0 Å². The molecular formula is C10H11BrF3NOS. The first-order valence-electron chi connectivity index (χ1n) is 4.85. The molecule has 0 unspecified atom stereocenters. The second-order valence-electron chi connectivity index (χ2n) is 3.38. The van der Waals surface area contributed by atoms with Gasteiger partial charge >= 0.3 is 6.18 Å². The zero-order chi connectivity index (χ0) is 12.9. The van der Waals surface area contributed by atoms with E-state index < -0.39 is 18.6 Å². The SMILES string of the molecule is O=C(Cc1cccs1)N(CCBr)CC(F)(F)F. The van der Waals surface area contributed by atoms with Gasteiger partial charge in [0.05, 0.1) is 6.42 Å². The predicted octanol–water partition coefficient (Wildman–Crippen LogP) is 3.08. The molecule has 0 aliphatic carbocycles. The molecule has 0 fully saturated rings. The van der Waals surface area contributed by atoms with Crippen LogP contribution in [0.25, 0.3) is 0 Å². The van der Waals surface area contributed by atoms with Crippen LogP contribution in [0, 0.1) is 0 Å². The summed E-state index contributed by atoms with van der Waals surface area (Å²) < 4.78 is 36.8. The predicted molar refractivity (Wildman–Crippen MR) is 64.5 cm³/mol. The Balaban J connectivity index is 2.60. The lowest BCUT2D eigenvalue weighted by molar-refractivity contribution is -0.160. The Hall–Kier alpha value is -0.560. The molecule has 1 aromatic heterocycles. The molecule has 0 spiro atoms. The summed E-state index contributed by atoms with van der Waals surface area (Å²) >= 11 is 4.41. The molecule has 2 nitrogen and oxygen atoms in total. The Bertz CT molecular complexity index is 353. The van der Waals surface area contributed by atoms with E-state index in [9.17, 15) is 18.0 Å². The molecule has 7 heteroatoms. The van der Waals surface area contributed by atoms with Crippen molar-refractivity contribution in [1.29, 1.82) is 0 Å². The average molecular weight is 330 g/mol. The summed E-state index contributed by atoms with van der Waals surface area (Å²) in [6, 6.07) is 3.51. The van der Waals surface area contributed by atoms with Crippen molar-refractivity contribution in [1.82, 2.24) is 4.90 Å². The topological polar surface area (TPSA) is 20.3 Å².